The summed E-state index contributed by atoms with van der Waals surface area (Å²) in [5.41, 5.74) is 1.09. The van der Waals surface area contributed by atoms with Crippen molar-refractivity contribution in [3.8, 4) is 17.2 Å². The molecule has 112 valence electrons. The maximum absolute atomic E-state index is 9.73. The van der Waals surface area contributed by atoms with E-state index in [2.05, 4.69) is 4.90 Å². The van der Waals surface area contributed by atoms with E-state index in [1.54, 1.807) is 21.3 Å². The number of methoxy groups -OCH3 is 3. The fourth-order valence-electron chi connectivity index (χ4n) is 2.66. The standard InChI is InChI=1S/C15H23NO4/c1-18-13-7-11(8-14(19-2)15(13)20-3)9-16-6-4-5-12(17)10-16/h7-8,12,17H,4-6,9-10H2,1-3H3/t12-/m1/s1. The van der Waals surface area contributed by atoms with E-state index in [0.29, 0.717) is 17.2 Å². The number of aliphatic hydroxyl groups is 1. The molecule has 1 aromatic carbocycles. The first kappa shape index (κ1) is 14.9. The van der Waals surface area contributed by atoms with Crippen molar-refractivity contribution in [2.75, 3.05) is 34.4 Å². The van der Waals surface area contributed by atoms with Gasteiger partial charge in [0.05, 0.1) is 27.4 Å². The average molecular weight is 281 g/mol. The second kappa shape index (κ2) is 6.81. The van der Waals surface area contributed by atoms with Crippen molar-refractivity contribution >= 4 is 0 Å². The normalized spacial score (nSPS) is 19.7. The topological polar surface area (TPSA) is 51.2 Å². The van der Waals surface area contributed by atoms with Crippen molar-refractivity contribution in [1.82, 2.24) is 4.90 Å². The molecule has 1 atom stereocenters. The van der Waals surface area contributed by atoms with E-state index in [4.69, 9.17) is 14.2 Å². The Labute approximate surface area is 120 Å². The monoisotopic (exact) mass is 281 g/mol. The number of β-amino-alcohol motifs (C(OH)–C–C–N with tert-alkyl or cyclic N) is 1. The molecule has 0 amide bonds. The first-order chi connectivity index (χ1) is 9.67. The van der Waals surface area contributed by atoms with Gasteiger partial charge in [0.25, 0.3) is 0 Å². The van der Waals surface area contributed by atoms with E-state index < -0.39 is 0 Å². The lowest BCUT2D eigenvalue weighted by atomic mass is 10.1. The molecule has 0 saturated carbocycles. The molecule has 1 heterocycles. The summed E-state index contributed by atoms with van der Waals surface area (Å²) in [6.07, 6.45) is 1.71. The highest BCUT2D eigenvalue weighted by Gasteiger charge is 2.19. The zero-order valence-electron chi connectivity index (χ0n) is 12.4. The second-order valence-electron chi connectivity index (χ2n) is 5.06. The number of likely N-dealkylation sites (tertiary alicyclic amines) is 1. The molecule has 0 radical (unpaired) electrons. The minimum Gasteiger partial charge on any atom is -0.493 e. The number of rotatable bonds is 5. The minimum absolute atomic E-state index is 0.217. The molecule has 5 nitrogen and oxygen atoms in total. The highest BCUT2D eigenvalue weighted by molar-refractivity contribution is 5.53. The van der Waals surface area contributed by atoms with Gasteiger partial charge in [-0.1, -0.05) is 0 Å². The van der Waals surface area contributed by atoms with Crippen LogP contribution in [0.3, 0.4) is 0 Å². The first-order valence-electron chi connectivity index (χ1n) is 6.87. The van der Waals surface area contributed by atoms with Crippen LogP contribution in [-0.2, 0) is 6.54 Å². The van der Waals surface area contributed by atoms with E-state index in [1.807, 2.05) is 12.1 Å². The van der Waals surface area contributed by atoms with Crippen molar-refractivity contribution in [3.63, 3.8) is 0 Å². The van der Waals surface area contributed by atoms with Crippen LogP contribution >= 0.6 is 0 Å². The van der Waals surface area contributed by atoms with Crippen molar-refractivity contribution in [1.29, 1.82) is 0 Å². The third kappa shape index (κ3) is 3.35. The van der Waals surface area contributed by atoms with E-state index >= 15 is 0 Å². The molecule has 1 fully saturated rings. The summed E-state index contributed by atoms with van der Waals surface area (Å²) in [6, 6.07) is 3.92. The Balaban J connectivity index is 2.19. The third-order valence-corrected chi connectivity index (χ3v) is 3.61. The van der Waals surface area contributed by atoms with Gasteiger partial charge in [-0.25, -0.2) is 0 Å². The molecule has 1 aliphatic heterocycles. The van der Waals surface area contributed by atoms with Crippen LogP contribution in [0.1, 0.15) is 18.4 Å². The average Bonchev–Trinajstić information content (AvgIpc) is 2.46. The molecule has 5 heteroatoms. The van der Waals surface area contributed by atoms with Gasteiger partial charge in [0.1, 0.15) is 0 Å². The van der Waals surface area contributed by atoms with Crippen molar-refractivity contribution < 1.29 is 19.3 Å². The van der Waals surface area contributed by atoms with Crippen LogP contribution in [0.2, 0.25) is 0 Å². The molecule has 0 unspecified atom stereocenters. The van der Waals surface area contributed by atoms with Gasteiger partial charge in [-0.15, -0.1) is 0 Å². The Morgan fingerprint density at radius 1 is 1.15 bits per heavy atom. The molecule has 0 bridgehead atoms. The molecule has 0 aromatic heterocycles. The quantitative estimate of drug-likeness (QED) is 0.889. The van der Waals surface area contributed by atoms with E-state index in [0.717, 1.165) is 38.0 Å². The predicted molar refractivity (Wildman–Crippen MR) is 76.6 cm³/mol. The fourth-order valence-corrected chi connectivity index (χ4v) is 2.66. The van der Waals surface area contributed by atoms with Crippen LogP contribution in [0.4, 0.5) is 0 Å². The summed E-state index contributed by atoms with van der Waals surface area (Å²) < 4.78 is 16.0. The molecular weight excluding hydrogens is 258 g/mol. The van der Waals surface area contributed by atoms with E-state index in [1.165, 1.54) is 0 Å². The summed E-state index contributed by atoms with van der Waals surface area (Å²) in [5.74, 6) is 1.94. The van der Waals surface area contributed by atoms with E-state index in [-0.39, 0.29) is 6.10 Å². The molecule has 1 aromatic rings. The highest BCUT2D eigenvalue weighted by atomic mass is 16.5. The Bertz CT molecular complexity index is 424. The number of piperidine rings is 1. The summed E-state index contributed by atoms with van der Waals surface area (Å²) >= 11 is 0. The molecule has 1 N–H and O–H groups in total. The number of hydrogen-bond acceptors (Lipinski definition) is 5. The first-order valence-corrected chi connectivity index (χ1v) is 6.87. The van der Waals surface area contributed by atoms with E-state index in [9.17, 15) is 5.11 Å². The minimum atomic E-state index is -0.217. The van der Waals surface area contributed by atoms with Crippen molar-refractivity contribution in [2.45, 2.75) is 25.5 Å². The third-order valence-electron chi connectivity index (χ3n) is 3.61. The SMILES string of the molecule is COc1cc(CN2CCC[C@@H](O)C2)cc(OC)c1OC. The summed E-state index contributed by atoms with van der Waals surface area (Å²) in [5, 5.41) is 9.73. The highest BCUT2D eigenvalue weighted by Crippen LogP contribution is 2.38. The summed E-state index contributed by atoms with van der Waals surface area (Å²) in [7, 11) is 4.83. The number of ether oxygens (including phenoxy) is 3. The maximum atomic E-state index is 9.73. The van der Waals surface area contributed by atoms with Crippen molar-refractivity contribution in [3.05, 3.63) is 17.7 Å². The molecule has 20 heavy (non-hydrogen) atoms. The number of hydrogen-bond donors (Lipinski definition) is 1. The van der Waals surface area contributed by atoms with Gasteiger partial charge in [0.2, 0.25) is 5.75 Å². The Hall–Kier alpha value is -1.46. The Morgan fingerprint density at radius 3 is 2.30 bits per heavy atom. The van der Waals surface area contributed by atoms with Gasteiger partial charge >= 0.3 is 0 Å². The van der Waals surface area contributed by atoms with Crippen LogP contribution in [0.5, 0.6) is 17.2 Å². The molecule has 2 rings (SSSR count). The fraction of sp³-hybridized carbons (Fsp3) is 0.600. The Kier molecular flexibility index (Phi) is 5.09. The van der Waals surface area contributed by atoms with Crippen LogP contribution < -0.4 is 14.2 Å². The zero-order valence-corrected chi connectivity index (χ0v) is 12.4. The smallest absolute Gasteiger partial charge is 0.203 e. The zero-order chi connectivity index (χ0) is 14.5. The predicted octanol–water partition coefficient (Wildman–Crippen LogP) is 1.67. The number of aliphatic hydroxyl groups excluding tert-OH is 1. The van der Waals surface area contributed by atoms with Gasteiger partial charge in [0.15, 0.2) is 11.5 Å². The van der Waals surface area contributed by atoms with Gasteiger partial charge in [-0.3, -0.25) is 4.90 Å². The van der Waals surface area contributed by atoms with Crippen LogP contribution in [-0.4, -0.2) is 50.5 Å². The Morgan fingerprint density at radius 2 is 1.80 bits per heavy atom. The van der Waals surface area contributed by atoms with Gasteiger partial charge in [-0.2, -0.15) is 0 Å². The lowest BCUT2D eigenvalue weighted by Gasteiger charge is -2.30. The molecule has 0 aliphatic carbocycles. The van der Waals surface area contributed by atoms with Crippen LogP contribution in [0.15, 0.2) is 12.1 Å². The molecule has 1 aliphatic rings. The van der Waals surface area contributed by atoms with Gasteiger partial charge < -0.3 is 19.3 Å². The molecular formula is C15H23NO4. The van der Waals surface area contributed by atoms with Crippen molar-refractivity contribution in [2.24, 2.45) is 0 Å². The van der Waals surface area contributed by atoms with Crippen LogP contribution in [0, 0.1) is 0 Å². The largest absolute Gasteiger partial charge is 0.493 e. The van der Waals surface area contributed by atoms with Crippen LogP contribution in [0.25, 0.3) is 0 Å². The number of benzene rings is 1. The van der Waals surface area contributed by atoms with Gasteiger partial charge in [0, 0.05) is 13.1 Å². The lowest BCUT2D eigenvalue weighted by Crippen LogP contribution is -2.37. The maximum Gasteiger partial charge on any atom is 0.203 e. The van der Waals surface area contributed by atoms with Gasteiger partial charge in [-0.05, 0) is 37.1 Å². The summed E-state index contributed by atoms with van der Waals surface area (Å²) in [4.78, 5) is 2.24. The lowest BCUT2D eigenvalue weighted by molar-refractivity contribution is 0.0668. The summed E-state index contributed by atoms with van der Waals surface area (Å²) in [6.45, 7) is 2.50. The molecule has 0 spiro atoms. The molecule has 1 saturated heterocycles. The second-order valence-corrected chi connectivity index (χ2v) is 5.06. The number of nitrogens with zero attached hydrogens (tertiary/aromatic N) is 1.